The SMILES string of the molecule is CCOC(=O)COc1ccc(C=NNC(=O)C(CC(C)C)NC(=O)c2ccc(Cl)cc2)cc1OCC. The molecule has 2 aromatic rings. The lowest BCUT2D eigenvalue weighted by molar-refractivity contribution is -0.145. The molecule has 10 heteroatoms. The van der Waals surface area contributed by atoms with E-state index in [-0.39, 0.29) is 25.0 Å². The van der Waals surface area contributed by atoms with Crippen molar-refractivity contribution in [3.63, 3.8) is 0 Å². The fourth-order valence-corrected chi connectivity index (χ4v) is 3.25. The summed E-state index contributed by atoms with van der Waals surface area (Å²) in [5.74, 6) is -0.338. The third-order valence-electron chi connectivity index (χ3n) is 4.74. The van der Waals surface area contributed by atoms with E-state index < -0.39 is 17.9 Å². The number of hydrogen-bond acceptors (Lipinski definition) is 7. The standard InChI is InChI=1S/C26H32ClN3O6/c1-5-34-23-14-18(7-12-22(23)36-16-24(31)35-6-2)15-28-30-26(33)21(13-17(3)4)29-25(32)19-8-10-20(27)11-9-19/h7-12,14-15,17,21H,5-6,13,16H2,1-4H3,(H,29,32)(H,30,33). The van der Waals surface area contributed by atoms with Crippen LogP contribution >= 0.6 is 11.6 Å². The number of hydrazone groups is 1. The number of esters is 1. The van der Waals surface area contributed by atoms with Gasteiger partial charge in [0.25, 0.3) is 11.8 Å². The van der Waals surface area contributed by atoms with Gasteiger partial charge in [-0.1, -0.05) is 25.4 Å². The Hall–Kier alpha value is -3.59. The number of carbonyl (C=O) groups excluding carboxylic acids is 3. The van der Waals surface area contributed by atoms with Gasteiger partial charge < -0.3 is 19.5 Å². The van der Waals surface area contributed by atoms with Crippen LogP contribution in [0.25, 0.3) is 0 Å². The molecule has 9 nitrogen and oxygen atoms in total. The summed E-state index contributed by atoms with van der Waals surface area (Å²) in [5, 5.41) is 7.30. The van der Waals surface area contributed by atoms with Crippen LogP contribution in [-0.2, 0) is 14.3 Å². The van der Waals surface area contributed by atoms with Gasteiger partial charge in [-0.2, -0.15) is 5.10 Å². The van der Waals surface area contributed by atoms with Crippen LogP contribution in [0, 0.1) is 5.92 Å². The average Bonchev–Trinajstić information content (AvgIpc) is 2.83. The Labute approximate surface area is 216 Å². The largest absolute Gasteiger partial charge is 0.490 e. The molecule has 2 N–H and O–H groups in total. The van der Waals surface area contributed by atoms with Crippen molar-refractivity contribution < 1.29 is 28.6 Å². The molecule has 0 aliphatic heterocycles. The summed E-state index contributed by atoms with van der Waals surface area (Å²) in [7, 11) is 0. The molecule has 0 radical (unpaired) electrons. The summed E-state index contributed by atoms with van der Waals surface area (Å²) in [5.41, 5.74) is 3.52. The molecule has 0 aliphatic carbocycles. The number of hydrogen-bond donors (Lipinski definition) is 2. The molecule has 0 heterocycles. The molecule has 1 atom stereocenters. The number of amides is 2. The van der Waals surface area contributed by atoms with Crippen molar-refractivity contribution in [1.29, 1.82) is 0 Å². The molecule has 0 aliphatic rings. The molecule has 2 aromatic carbocycles. The second kappa shape index (κ2) is 14.7. The van der Waals surface area contributed by atoms with Crippen LogP contribution < -0.4 is 20.2 Å². The number of nitrogens with zero attached hydrogens (tertiary/aromatic N) is 1. The monoisotopic (exact) mass is 517 g/mol. The minimum Gasteiger partial charge on any atom is -0.490 e. The summed E-state index contributed by atoms with van der Waals surface area (Å²) in [6.45, 7) is 7.87. The van der Waals surface area contributed by atoms with Gasteiger partial charge in [-0.15, -0.1) is 0 Å². The highest BCUT2D eigenvalue weighted by Gasteiger charge is 2.22. The maximum absolute atomic E-state index is 12.8. The second-order valence-electron chi connectivity index (χ2n) is 8.13. The Morgan fingerprint density at radius 3 is 2.36 bits per heavy atom. The number of rotatable bonds is 13. The molecule has 36 heavy (non-hydrogen) atoms. The second-order valence-corrected chi connectivity index (χ2v) is 8.57. The predicted molar refractivity (Wildman–Crippen MR) is 138 cm³/mol. The van der Waals surface area contributed by atoms with Gasteiger partial charge in [0.15, 0.2) is 18.1 Å². The first-order valence-electron chi connectivity index (χ1n) is 11.7. The van der Waals surface area contributed by atoms with Gasteiger partial charge >= 0.3 is 5.97 Å². The van der Waals surface area contributed by atoms with Gasteiger partial charge in [0, 0.05) is 10.6 Å². The number of ether oxygens (including phenoxy) is 3. The van der Waals surface area contributed by atoms with Crippen LogP contribution in [-0.4, -0.2) is 49.9 Å². The molecular weight excluding hydrogens is 486 g/mol. The van der Waals surface area contributed by atoms with Gasteiger partial charge in [0.1, 0.15) is 6.04 Å². The van der Waals surface area contributed by atoms with E-state index >= 15 is 0 Å². The zero-order valence-corrected chi connectivity index (χ0v) is 21.6. The summed E-state index contributed by atoms with van der Waals surface area (Å²) < 4.78 is 15.9. The molecule has 0 fully saturated rings. The Balaban J connectivity index is 2.05. The Morgan fingerprint density at radius 2 is 1.72 bits per heavy atom. The molecule has 0 spiro atoms. The van der Waals surface area contributed by atoms with Crippen molar-refractivity contribution in [2.45, 2.75) is 40.2 Å². The first kappa shape index (κ1) is 28.6. The summed E-state index contributed by atoms with van der Waals surface area (Å²) >= 11 is 5.88. The first-order chi connectivity index (χ1) is 17.2. The van der Waals surface area contributed by atoms with E-state index in [9.17, 15) is 14.4 Å². The quantitative estimate of drug-likeness (QED) is 0.236. The van der Waals surface area contributed by atoms with Crippen molar-refractivity contribution in [2.24, 2.45) is 11.0 Å². The molecule has 0 aromatic heterocycles. The number of benzene rings is 2. The molecule has 0 bridgehead atoms. The Kier molecular flexibility index (Phi) is 11.7. The molecule has 2 rings (SSSR count). The third-order valence-corrected chi connectivity index (χ3v) is 4.99. The van der Waals surface area contributed by atoms with Gasteiger partial charge in [-0.25, -0.2) is 10.2 Å². The summed E-state index contributed by atoms with van der Waals surface area (Å²) in [6, 6.07) is 10.7. The zero-order valence-electron chi connectivity index (χ0n) is 20.9. The zero-order chi connectivity index (χ0) is 26.5. The topological polar surface area (TPSA) is 115 Å². The van der Waals surface area contributed by atoms with Crippen molar-refractivity contribution in [1.82, 2.24) is 10.7 Å². The molecule has 0 saturated heterocycles. The van der Waals surface area contributed by atoms with Crippen LogP contribution in [0.2, 0.25) is 5.02 Å². The Bertz CT molecular complexity index is 1060. The molecular formula is C26H32ClN3O6. The number of carbonyl (C=O) groups is 3. The fourth-order valence-electron chi connectivity index (χ4n) is 3.13. The van der Waals surface area contributed by atoms with Gasteiger partial charge in [-0.05, 0) is 74.2 Å². The van der Waals surface area contributed by atoms with Crippen molar-refractivity contribution in [2.75, 3.05) is 19.8 Å². The minimum atomic E-state index is -0.775. The van der Waals surface area contributed by atoms with Gasteiger partial charge in [0.2, 0.25) is 0 Å². The van der Waals surface area contributed by atoms with Crippen molar-refractivity contribution in [3.05, 3.63) is 58.6 Å². The smallest absolute Gasteiger partial charge is 0.344 e. The van der Waals surface area contributed by atoms with Gasteiger partial charge in [0.05, 0.1) is 19.4 Å². The van der Waals surface area contributed by atoms with Gasteiger partial charge in [-0.3, -0.25) is 9.59 Å². The lowest BCUT2D eigenvalue weighted by atomic mass is 10.0. The van der Waals surface area contributed by atoms with E-state index in [1.54, 1.807) is 49.4 Å². The minimum absolute atomic E-state index is 0.158. The highest BCUT2D eigenvalue weighted by molar-refractivity contribution is 6.30. The molecule has 2 amide bonds. The lowest BCUT2D eigenvalue weighted by Crippen LogP contribution is -2.46. The number of nitrogens with one attached hydrogen (secondary N) is 2. The van der Waals surface area contributed by atoms with E-state index in [1.165, 1.54) is 6.21 Å². The molecule has 0 saturated carbocycles. The predicted octanol–water partition coefficient (Wildman–Crippen LogP) is 3.98. The van der Waals surface area contributed by atoms with Crippen LogP contribution in [0.15, 0.2) is 47.6 Å². The van der Waals surface area contributed by atoms with E-state index in [0.29, 0.717) is 40.7 Å². The van der Waals surface area contributed by atoms with Crippen molar-refractivity contribution in [3.8, 4) is 11.5 Å². The maximum atomic E-state index is 12.8. The normalized spacial score (nSPS) is 11.7. The fraction of sp³-hybridized carbons (Fsp3) is 0.385. The summed E-state index contributed by atoms with van der Waals surface area (Å²) in [6.07, 6.45) is 1.88. The highest BCUT2D eigenvalue weighted by Crippen LogP contribution is 2.28. The van der Waals surface area contributed by atoms with Crippen LogP contribution in [0.4, 0.5) is 0 Å². The average molecular weight is 518 g/mol. The third kappa shape index (κ3) is 9.58. The van der Waals surface area contributed by atoms with Crippen LogP contribution in [0.5, 0.6) is 11.5 Å². The molecule has 194 valence electrons. The van der Waals surface area contributed by atoms with E-state index in [0.717, 1.165) is 0 Å². The van der Waals surface area contributed by atoms with Crippen molar-refractivity contribution >= 4 is 35.6 Å². The highest BCUT2D eigenvalue weighted by atomic mass is 35.5. The van der Waals surface area contributed by atoms with E-state index in [1.807, 2.05) is 20.8 Å². The first-order valence-corrected chi connectivity index (χ1v) is 12.1. The van der Waals surface area contributed by atoms with Crippen LogP contribution in [0.1, 0.15) is 50.0 Å². The lowest BCUT2D eigenvalue weighted by Gasteiger charge is -2.19. The Morgan fingerprint density at radius 1 is 1.00 bits per heavy atom. The summed E-state index contributed by atoms with van der Waals surface area (Å²) in [4.78, 5) is 36.9. The van der Waals surface area contributed by atoms with E-state index in [2.05, 4.69) is 15.8 Å². The molecule has 1 unspecified atom stereocenters. The van der Waals surface area contributed by atoms with Crippen LogP contribution in [0.3, 0.4) is 0 Å². The maximum Gasteiger partial charge on any atom is 0.344 e. The number of halogens is 1. The van der Waals surface area contributed by atoms with E-state index in [4.69, 9.17) is 25.8 Å².